The monoisotopic (exact) mass is 283 g/mol. The van der Waals surface area contributed by atoms with Crippen LogP contribution in [0, 0.1) is 0 Å². The fraction of sp³-hybridized carbons (Fsp3) is 0.333. The van der Waals surface area contributed by atoms with Crippen molar-refractivity contribution in [2.45, 2.75) is 26.0 Å². The van der Waals surface area contributed by atoms with E-state index >= 15 is 0 Å². The van der Waals surface area contributed by atoms with Gasteiger partial charge in [0.05, 0.1) is 25.9 Å². The number of ether oxygens (including phenoxy) is 2. The fourth-order valence-electron chi connectivity index (χ4n) is 2.60. The van der Waals surface area contributed by atoms with Crippen molar-refractivity contribution in [3.8, 4) is 5.75 Å². The highest BCUT2D eigenvalue weighted by Crippen LogP contribution is 2.29. The third-order valence-corrected chi connectivity index (χ3v) is 3.62. The molecule has 0 saturated carbocycles. The lowest BCUT2D eigenvalue weighted by atomic mass is 9.99. The molecule has 0 aromatic heterocycles. The summed E-state index contributed by atoms with van der Waals surface area (Å²) in [6.07, 6.45) is 1.02. The van der Waals surface area contributed by atoms with Gasteiger partial charge >= 0.3 is 0 Å². The minimum Gasteiger partial charge on any atom is -0.494 e. The van der Waals surface area contributed by atoms with Crippen molar-refractivity contribution in [1.29, 1.82) is 0 Å². The molecule has 1 aliphatic heterocycles. The van der Waals surface area contributed by atoms with Crippen molar-refractivity contribution < 1.29 is 9.47 Å². The van der Waals surface area contributed by atoms with Crippen molar-refractivity contribution in [2.24, 2.45) is 0 Å². The number of anilines is 1. The summed E-state index contributed by atoms with van der Waals surface area (Å²) in [4.78, 5) is 0. The topological polar surface area (TPSA) is 30.5 Å². The Bertz CT molecular complexity index is 597. The van der Waals surface area contributed by atoms with Crippen molar-refractivity contribution >= 4 is 5.69 Å². The molecule has 1 atom stereocenters. The summed E-state index contributed by atoms with van der Waals surface area (Å²) in [7, 11) is 0. The first-order valence-electron chi connectivity index (χ1n) is 7.52. The molecular weight excluding hydrogens is 262 g/mol. The van der Waals surface area contributed by atoms with Crippen molar-refractivity contribution in [3.63, 3.8) is 0 Å². The van der Waals surface area contributed by atoms with Gasteiger partial charge in [0, 0.05) is 11.8 Å². The number of rotatable bonds is 5. The van der Waals surface area contributed by atoms with Gasteiger partial charge in [0.2, 0.25) is 0 Å². The van der Waals surface area contributed by atoms with E-state index in [2.05, 4.69) is 42.6 Å². The van der Waals surface area contributed by atoms with E-state index in [1.54, 1.807) is 0 Å². The van der Waals surface area contributed by atoms with E-state index in [4.69, 9.17) is 9.47 Å². The highest BCUT2D eigenvalue weighted by atomic mass is 16.5. The first kappa shape index (κ1) is 14.0. The van der Waals surface area contributed by atoms with Gasteiger partial charge < -0.3 is 14.8 Å². The molecule has 0 spiro atoms. The smallest absolute Gasteiger partial charge is 0.121 e. The van der Waals surface area contributed by atoms with Crippen LogP contribution in [0.5, 0.6) is 5.75 Å². The van der Waals surface area contributed by atoms with Crippen LogP contribution in [0.3, 0.4) is 0 Å². The number of hydrogen-bond donors (Lipinski definition) is 1. The molecule has 3 rings (SSSR count). The van der Waals surface area contributed by atoms with E-state index in [1.165, 1.54) is 11.1 Å². The number of nitrogens with one attached hydrogen (secondary N) is 1. The Balaban J connectivity index is 1.75. The van der Waals surface area contributed by atoms with Crippen molar-refractivity contribution in [2.75, 3.05) is 18.5 Å². The van der Waals surface area contributed by atoms with Gasteiger partial charge in [-0.25, -0.2) is 0 Å². The molecule has 0 radical (unpaired) electrons. The highest BCUT2D eigenvalue weighted by Gasteiger charge is 2.20. The Morgan fingerprint density at radius 1 is 1.19 bits per heavy atom. The molecule has 110 valence electrons. The number of fused-ring (bicyclic) bond motifs is 1. The van der Waals surface area contributed by atoms with Gasteiger partial charge in [0.1, 0.15) is 5.75 Å². The minimum atomic E-state index is 0.191. The predicted molar refractivity (Wildman–Crippen MR) is 84.7 cm³/mol. The molecule has 21 heavy (non-hydrogen) atoms. The number of benzene rings is 2. The Kier molecular flexibility index (Phi) is 4.41. The van der Waals surface area contributed by atoms with Gasteiger partial charge in [0.15, 0.2) is 0 Å². The lowest BCUT2D eigenvalue weighted by Gasteiger charge is -2.27. The van der Waals surface area contributed by atoms with E-state index in [1.807, 2.05) is 18.2 Å². The van der Waals surface area contributed by atoms with Crippen LogP contribution in [0.2, 0.25) is 0 Å². The van der Waals surface area contributed by atoms with Gasteiger partial charge in [-0.05, 0) is 29.7 Å². The van der Waals surface area contributed by atoms with Crippen molar-refractivity contribution in [1.82, 2.24) is 0 Å². The standard InChI is InChI=1S/C18H21NO2/c1-2-10-21-16-8-5-7-15(11-16)19-18-13-20-12-14-6-3-4-9-17(14)18/h3-9,11,18-19H,2,10,12-13H2,1H3. The maximum absolute atomic E-state index is 5.68. The van der Waals surface area contributed by atoms with Crippen LogP contribution < -0.4 is 10.1 Å². The molecular formula is C18H21NO2. The summed E-state index contributed by atoms with van der Waals surface area (Å²) < 4.78 is 11.4. The summed E-state index contributed by atoms with van der Waals surface area (Å²) in [5, 5.41) is 3.55. The second-order valence-electron chi connectivity index (χ2n) is 5.29. The lowest BCUT2D eigenvalue weighted by Crippen LogP contribution is -2.23. The Morgan fingerprint density at radius 3 is 3.00 bits per heavy atom. The van der Waals surface area contributed by atoms with E-state index < -0.39 is 0 Å². The molecule has 3 nitrogen and oxygen atoms in total. The van der Waals surface area contributed by atoms with Crippen LogP contribution in [0.4, 0.5) is 5.69 Å². The van der Waals surface area contributed by atoms with Gasteiger partial charge in [-0.15, -0.1) is 0 Å². The Labute approximate surface area is 125 Å². The normalized spacial score (nSPS) is 17.1. The third kappa shape index (κ3) is 3.37. The summed E-state index contributed by atoms with van der Waals surface area (Å²) in [5.74, 6) is 0.909. The Morgan fingerprint density at radius 2 is 2.10 bits per heavy atom. The molecule has 0 bridgehead atoms. The van der Waals surface area contributed by atoms with E-state index in [0.29, 0.717) is 13.2 Å². The second kappa shape index (κ2) is 6.64. The summed E-state index contributed by atoms with van der Waals surface area (Å²) >= 11 is 0. The van der Waals surface area contributed by atoms with Gasteiger partial charge in [-0.3, -0.25) is 0 Å². The summed E-state index contributed by atoms with van der Waals surface area (Å²) in [6, 6.07) is 16.8. The first-order valence-corrected chi connectivity index (χ1v) is 7.52. The quantitative estimate of drug-likeness (QED) is 0.893. The van der Waals surface area contributed by atoms with Gasteiger partial charge in [-0.1, -0.05) is 37.3 Å². The van der Waals surface area contributed by atoms with Crippen molar-refractivity contribution in [3.05, 3.63) is 59.7 Å². The maximum atomic E-state index is 5.68. The van der Waals surface area contributed by atoms with Crippen LogP contribution >= 0.6 is 0 Å². The summed E-state index contributed by atoms with van der Waals surface area (Å²) in [6.45, 7) is 4.25. The highest BCUT2D eigenvalue weighted by molar-refractivity contribution is 5.51. The zero-order chi connectivity index (χ0) is 14.5. The average molecular weight is 283 g/mol. The summed E-state index contributed by atoms with van der Waals surface area (Å²) in [5.41, 5.74) is 3.65. The zero-order valence-corrected chi connectivity index (χ0v) is 12.3. The first-order chi connectivity index (χ1) is 10.4. The molecule has 2 aromatic carbocycles. The van der Waals surface area contributed by atoms with Crippen LogP contribution in [-0.2, 0) is 11.3 Å². The predicted octanol–water partition coefficient (Wildman–Crippen LogP) is 4.16. The molecule has 0 amide bonds. The molecule has 1 N–H and O–H groups in total. The SMILES string of the molecule is CCCOc1cccc(NC2COCc3ccccc32)c1. The molecule has 2 aromatic rings. The van der Waals surface area contributed by atoms with E-state index in [-0.39, 0.29) is 6.04 Å². The number of hydrogen-bond acceptors (Lipinski definition) is 3. The molecule has 1 aliphatic rings. The third-order valence-electron chi connectivity index (χ3n) is 3.62. The van der Waals surface area contributed by atoms with Crippen LogP contribution in [0.15, 0.2) is 48.5 Å². The molecule has 1 unspecified atom stereocenters. The largest absolute Gasteiger partial charge is 0.494 e. The molecule has 0 saturated heterocycles. The molecule has 3 heteroatoms. The molecule has 0 fully saturated rings. The second-order valence-corrected chi connectivity index (χ2v) is 5.29. The lowest BCUT2D eigenvalue weighted by molar-refractivity contribution is 0.0970. The zero-order valence-electron chi connectivity index (χ0n) is 12.3. The van der Waals surface area contributed by atoms with Gasteiger partial charge in [0.25, 0.3) is 0 Å². The average Bonchev–Trinajstić information content (AvgIpc) is 2.54. The van der Waals surface area contributed by atoms with Crippen LogP contribution in [-0.4, -0.2) is 13.2 Å². The fourth-order valence-corrected chi connectivity index (χ4v) is 2.60. The maximum Gasteiger partial charge on any atom is 0.121 e. The molecule has 1 heterocycles. The van der Waals surface area contributed by atoms with Crippen LogP contribution in [0.25, 0.3) is 0 Å². The Hall–Kier alpha value is -2.00. The minimum absolute atomic E-state index is 0.191. The van der Waals surface area contributed by atoms with E-state index in [0.717, 1.165) is 24.5 Å². The van der Waals surface area contributed by atoms with Gasteiger partial charge in [-0.2, -0.15) is 0 Å². The van der Waals surface area contributed by atoms with Crippen LogP contribution in [0.1, 0.15) is 30.5 Å². The van der Waals surface area contributed by atoms with E-state index in [9.17, 15) is 0 Å². The molecule has 0 aliphatic carbocycles.